The summed E-state index contributed by atoms with van der Waals surface area (Å²) in [5.41, 5.74) is 5.19. The first-order valence-electron chi connectivity index (χ1n) is 10.1. The highest BCUT2D eigenvalue weighted by Crippen LogP contribution is 2.35. The number of hydrogen-bond acceptors (Lipinski definition) is 2. The summed E-state index contributed by atoms with van der Waals surface area (Å²) in [6, 6.07) is 17.1. The molecule has 2 aromatic rings. The summed E-state index contributed by atoms with van der Waals surface area (Å²) >= 11 is 6.00. The van der Waals surface area contributed by atoms with Crippen molar-refractivity contribution in [3.05, 3.63) is 87.9 Å². The first kappa shape index (κ1) is 22.4. The fourth-order valence-electron chi connectivity index (χ4n) is 3.80. The van der Waals surface area contributed by atoms with Gasteiger partial charge in [0, 0.05) is 12.1 Å². The molecule has 2 aromatic carbocycles. The van der Waals surface area contributed by atoms with Crippen LogP contribution in [0.2, 0.25) is 24.7 Å². The standard InChI is InChI=1S/C24H29ClN2O2Si/c1-17-22(18-9-7-6-8-10-18)27(24(29)26(17)2)16-15-21(30(3,4)5)23(28)19-11-13-20(25)14-12-19/h6-14,16-17,22-23,28H,1-5H3/t15?,17-,22-,23-/m0/s1. The summed E-state index contributed by atoms with van der Waals surface area (Å²) in [6.45, 7) is 8.54. The second-order valence-electron chi connectivity index (χ2n) is 8.79. The van der Waals surface area contributed by atoms with E-state index in [0.29, 0.717) is 5.02 Å². The van der Waals surface area contributed by atoms with Crippen molar-refractivity contribution in [1.82, 2.24) is 9.80 Å². The van der Waals surface area contributed by atoms with E-state index in [4.69, 9.17) is 11.6 Å². The van der Waals surface area contributed by atoms with Crippen molar-refractivity contribution in [2.24, 2.45) is 0 Å². The van der Waals surface area contributed by atoms with Crippen LogP contribution in [0.25, 0.3) is 0 Å². The zero-order chi connectivity index (χ0) is 22.1. The highest BCUT2D eigenvalue weighted by molar-refractivity contribution is 6.83. The maximum absolute atomic E-state index is 12.9. The molecule has 30 heavy (non-hydrogen) atoms. The quantitative estimate of drug-likeness (QED) is 0.472. The molecule has 0 saturated carbocycles. The molecule has 3 atom stereocenters. The lowest BCUT2D eigenvalue weighted by atomic mass is 10.0. The van der Waals surface area contributed by atoms with E-state index >= 15 is 0 Å². The minimum absolute atomic E-state index is 0.0227. The van der Waals surface area contributed by atoms with Crippen LogP contribution in [0.4, 0.5) is 4.79 Å². The predicted octanol–water partition coefficient (Wildman–Crippen LogP) is 5.79. The van der Waals surface area contributed by atoms with Crippen molar-refractivity contribution < 1.29 is 9.90 Å². The summed E-state index contributed by atoms with van der Waals surface area (Å²) in [5, 5.41) is 12.6. The molecule has 2 amide bonds. The normalized spacial score (nSPS) is 20.2. The van der Waals surface area contributed by atoms with Crippen LogP contribution in [0.5, 0.6) is 0 Å². The van der Waals surface area contributed by atoms with Gasteiger partial charge in [-0.05, 0) is 35.4 Å². The van der Waals surface area contributed by atoms with E-state index in [-0.39, 0.29) is 18.1 Å². The molecule has 0 spiro atoms. The molecule has 0 radical (unpaired) electrons. The lowest BCUT2D eigenvalue weighted by molar-refractivity contribution is 0.204. The molecule has 0 aromatic heterocycles. The number of aliphatic hydroxyl groups excluding tert-OH is 1. The van der Waals surface area contributed by atoms with E-state index in [0.717, 1.165) is 16.3 Å². The van der Waals surface area contributed by atoms with Gasteiger partial charge in [0.05, 0.1) is 26.4 Å². The zero-order valence-corrected chi connectivity index (χ0v) is 19.9. The lowest BCUT2D eigenvalue weighted by Crippen LogP contribution is -2.29. The van der Waals surface area contributed by atoms with Crippen LogP contribution in [0.1, 0.15) is 30.2 Å². The number of carbonyl (C=O) groups excluding carboxylic acids is 1. The van der Waals surface area contributed by atoms with Gasteiger partial charge in [-0.3, -0.25) is 4.90 Å². The van der Waals surface area contributed by atoms with Crippen LogP contribution < -0.4 is 0 Å². The summed E-state index contributed by atoms with van der Waals surface area (Å²) in [6.07, 6.45) is 0.945. The van der Waals surface area contributed by atoms with Gasteiger partial charge in [-0.15, -0.1) is 5.73 Å². The second kappa shape index (κ2) is 8.82. The summed E-state index contributed by atoms with van der Waals surface area (Å²) in [4.78, 5) is 16.4. The van der Waals surface area contributed by atoms with Crippen molar-refractivity contribution in [2.75, 3.05) is 7.05 Å². The highest BCUT2D eigenvalue weighted by Gasteiger charge is 2.41. The molecule has 1 fully saturated rings. The maximum atomic E-state index is 12.9. The topological polar surface area (TPSA) is 43.8 Å². The number of hydrogen-bond donors (Lipinski definition) is 1. The van der Waals surface area contributed by atoms with Gasteiger partial charge in [0.25, 0.3) is 0 Å². The smallest absolute Gasteiger partial charge is 0.325 e. The van der Waals surface area contributed by atoms with Crippen molar-refractivity contribution in [1.29, 1.82) is 0 Å². The largest absolute Gasteiger partial charge is 0.384 e. The molecule has 1 aliphatic heterocycles. The summed E-state index contributed by atoms with van der Waals surface area (Å²) < 4.78 is 0. The number of nitrogens with zero attached hydrogens (tertiary/aromatic N) is 2. The highest BCUT2D eigenvalue weighted by atomic mass is 35.5. The van der Waals surface area contributed by atoms with Crippen molar-refractivity contribution in [2.45, 2.75) is 44.8 Å². The number of amides is 2. The third-order valence-electron chi connectivity index (χ3n) is 5.66. The number of halogens is 1. The van der Waals surface area contributed by atoms with E-state index in [1.165, 1.54) is 0 Å². The van der Waals surface area contributed by atoms with Gasteiger partial charge < -0.3 is 10.0 Å². The number of carbonyl (C=O) groups is 1. The Balaban J connectivity index is 2.05. The first-order chi connectivity index (χ1) is 14.1. The van der Waals surface area contributed by atoms with Crippen LogP contribution >= 0.6 is 11.6 Å². The zero-order valence-electron chi connectivity index (χ0n) is 18.1. The molecule has 0 aliphatic carbocycles. The molecule has 1 saturated heterocycles. The third-order valence-corrected chi connectivity index (χ3v) is 7.94. The number of urea groups is 1. The molecule has 0 bridgehead atoms. The number of aliphatic hydroxyl groups is 1. The van der Waals surface area contributed by atoms with Gasteiger partial charge in [-0.25, -0.2) is 4.79 Å². The molecule has 158 valence electrons. The Bertz CT molecular complexity index is 963. The lowest BCUT2D eigenvalue weighted by Gasteiger charge is -2.25. The van der Waals surface area contributed by atoms with Crippen LogP contribution in [-0.2, 0) is 0 Å². The van der Waals surface area contributed by atoms with Crippen LogP contribution in [0.15, 0.2) is 71.7 Å². The Morgan fingerprint density at radius 2 is 1.73 bits per heavy atom. The minimum atomic E-state index is -1.94. The van der Waals surface area contributed by atoms with Gasteiger partial charge in [-0.2, -0.15) is 0 Å². The summed E-state index contributed by atoms with van der Waals surface area (Å²) in [7, 11) is -0.114. The molecule has 1 N–H and O–H groups in total. The van der Waals surface area contributed by atoms with Gasteiger partial charge >= 0.3 is 6.03 Å². The third kappa shape index (κ3) is 4.55. The molecule has 1 heterocycles. The average molecular weight is 441 g/mol. The van der Waals surface area contributed by atoms with E-state index in [2.05, 4.69) is 32.3 Å². The first-order valence-corrected chi connectivity index (χ1v) is 14.0. The Morgan fingerprint density at radius 3 is 2.30 bits per heavy atom. The average Bonchev–Trinajstić information content (AvgIpc) is 2.92. The number of benzene rings is 2. The summed E-state index contributed by atoms with van der Waals surface area (Å²) in [5.74, 6) is 0. The number of likely N-dealkylation sites (N-methyl/N-ethyl adjacent to an activating group) is 1. The predicted molar refractivity (Wildman–Crippen MR) is 125 cm³/mol. The fraction of sp³-hybridized carbons (Fsp3) is 0.333. The Morgan fingerprint density at radius 1 is 1.13 bits per heavy atom. The Hall–Kier alpha value is -2.30. The molecule has 6 heteroatoms. The van der Waals surface area contributed by atoms with Crippen molar-refractivity contribution in [3.8, 4) is 0 Å². The van der Waals surface area contributed by atoms with Crippen molar-refractivity contribution in [3.63, 3.8) is 0 Å². The maximum Gasteiger partial charge on any atom is 0.325 e. The molecule has 0 unspecified atom stereocenters. The molecular weight excluding hydrogens is 412 g/mol. The molecule has 4 nitrogen and oxygen atoms in total. The number of rotatable bonds is 5. The molecular formula is C24H29ClN2O2Si. The fourth-order valence-corrected chi connectivity index (χ4v) is 5.41. The van der Waals surface area contributed by atoms with Gasteiger partial charge in [0.1, 0.15) is 6.10 Å². The molecule has 3 rings (SSSR count). The van der Waals surface area contributed by atoms with Gasteiger partial charge in [0.2, 0.25) is 0 Å². The van der Waals surface area contributed by atoms with Gasteiger partial charge in [-0.1, -0.05) is 73.7 Å². The van der Waals surface area contributed by atoms with E-state index < -0.39 is 14.2 Å². The Kier molecular flexibility index (Phi) is 6.58. The molecule has 1 aliphatic rings. The second-order valence-corrected chi connectivity index (χ2v) is 14.3. The minimum Gasteiger partial charge on any atom is -0.384 e. The monoisotopic (exact) mass is 440 g/mol. The van der Waals surface area contributed by atoms with Crippen molar-refractivity contribution >= 4 is 25.7 Å². The van der Waals surface area contributed by atoms with Gasteiger partial charge in [0.15, 0.2) is 0 Å². The van der Waals surface area contributed by atoms with Crippen LogP contribution in [0.3, 0.4) is 0 Å². The van der Waals surface area contributed by atoms with E-state index in [1.807, 2.05) is 49.5 Å². The van der Waals surface area contributed by atoms with E-state index in [1.54, 1.807) is 28.1 Å². The Labute approximate surface area is 185 Å². The SMILES string of the molecule is C[C@H]1[C@@H](c2ccccc2)N(C=C=C([C@@H](O)c2ccc(Cl)cc2)[Si](C)(C)C)C(=O)N1C. The van der Waals surface area contributed by atoms with Crippen LogP contribution in [0, 0.1) is 0 Å². The van der Waals surface area contributed by atoms with E-state index in [9.17, 15) is 9.90 Å². The van der Waals surface area contributed by atoms with Crippen LogP contribution in [-0.4, -0.2) is 42.1 Å².